The standard InChI is InChI=1S/C20H42N2O3/c1-17(2)12-9-7-8-10-14-21-18(16-24-6)13-11-15-22-19(23)25-20(3,4)5/h17-18,21H,7-16H2,1-6H3,(H,22,23). The summed E-state index contributed by atoms with van der Waals surface area (Å²) in [5.74, 6) is 0.818. The molecule has 0 fully saturated rings. The predicted molar refractivity (Wildman–Crippen MR) is 105 cm³/mol. The van der Waals surface area contributed by atoms with Crippen molar-refractivity contribution in [3.8, 4) is 0 Å². The van der Waals surface area contributed by atoms with Crippen LogP contribution in [-0.4, -0.2) is 44.5 Å². The number of carbonyl (C=O) groups excluding carboxylic acids is 1. The summed E-state index contributed by atoms with van der Waals surface area (Å²) in [6.07, 6.45) is 8.07. The zero-order chi connectivity index (χ0) is 19.1. The molecule has 0 aromatic rings. The molecule has 0 spiro atoms. The van der Waals surface area contributed by atoms with E-state index in [4.69, 9.17) is 9.47 Å². The van der Waals surface area contributed by atoms with Crippen LogP contribution in [0.25, 0.3) is 0 Å². The van der Waals surface area contributed by atoms with Crippen LogP contribution in [0.2, 0.25) is 0 Å². The van der Waals surface area contributed by atoms with Gasteiger partial charge in [0.05, 0.1) is 6.61 Å². The second kappa shape index (κ2) is 14.4. The van der Waals surface area contributed by atoms with Gasteiger partial charge in [-0.25, -0.2) is 4.79 Å². The largest absolute Gasteiger partial charge is 0.444 e. The van der Waals surface area contributed by atoms with Crippen LogP contribution in [0.4, 0.5) is 4.79 Å². The van der Waals surface area contributed by atoms with Crippen LogP contribution < -0.4 is 10.6 Å². The Balaban J connectivity index is 3.72. The molecule has 150 valence electrons. The van der Waals surface area contributed by atoms with E-state index in [2.05, 4.69) is 24.5 Å². The fourth-order valence-corrected chi connectivity index (χ4v) is 2.64. The van der Waals surface area contributed by atoms with Gasteiger partial charge in [-0.2, -0.15) is 0 Å². The highest BCUT2D eigenvalue weighted by Crippen LogP contribution is 2.09. The molecule has 0 heterocycles. The Bertz CT molecular complexity index is 327. The Morgan fingerprint density at radius 2 is 1.64 bits per heavy atom. The monoisotopic (exact) mass is 358 g/mol. The van der Waals surface area contributed by atoms with E-state index in [1.807, 2.05) is 20.8 Å². The van der Waals surface area contributed by atoms with Gasteiger partial charge < -0.3 is 20.1 Å². The number of unbranched alkanes of at least 4 members (excludes halogenated alkanes) is 3. The predicted octanol–water partition coefficient (Wildman–Crippen LogP) is 4.50. The van der Waals surface area contributed by atoms with Crippen molar-refractivity contribution < 1.29 is 14.3 Å². The molecule has 1 unspecified atom stereocenters. The van der Waals surface area contributed by atoms with E-state index in [0.717, 1.165) is 25.3 Å². The quantitative estimate of drug-likeness (QED) is 0.449. The number of nitrogens with one attached hydrogen (secondary N) is 2. The lowest BCUT2D eigenvalue weighted by atomic mass is 10.0. The summed E-state index contributed by atoms with van der Waals surface area (Å²) in [5, 5.41) is 6.38. The van der Waals surface area contributed by atoms with Gasteiger partial charge in [-0.3, -0.25) is 0 Å². The molecule has 2 N–H and O–H groups in total. The molecule has 1 amide bonds. The van der Waals surface area contributed by atoms with Crippen molar-refractivity contribution in [2.45, 2.75) is 91.2 Å². The van der Waals surface area contributed by atoms with Crippen LogP contribution in [0.3, 0.4) is 0 Å². The summed E-state index contributed by atoms with van der Waals surface area (Å²) in [6, 6.07) is 0.348. The molecule has 0 aromatic heterocycles. The minimum absolute atomic E-state index is 0.342. The van der Waals surface area contributed by atoms with E-state index in [-0.39, 0.29) is 6.09 Å². The van der Waals surface area contributed by atoms with E-state index in [1.165, 1.54) is 32.1 Å². The van der Waals surface area contributed by atoms with Crippen molar-refractivity contribution in [1.82, 2.24) is 10.6 Å². The highest BCUT2D eigenvalue weighted by atomic mass is 16.6. The molecule has 0 aliphatic heterocycles. The first-order chi connectivity index (χ1) is 11.7. The molecule has 5 nitrogen and oxygen atoms in total. The van der Waals surface area contributed by atoms with Crippen molar-refractivity contribution in [2.75, 3.05) is 26.8 Å². The first kappa shape index (κ1) is 24.2. The maximum Gasteiger partial charge on any atom is 0.407 e. The molecular weight excluding hydrogens is 316 g/mol. The summed E-state index contributed by atoms with van der Waals surface area (Å²) in [4.78, 5) is 11.6. The van der Waals surface area contributed by atoms with E-state index < -0.39 is 5.60 Å². The van der Waals surface area contributed by atoms with Gasteiger partial charge in [-0.1, -0.05) is 39.5 Å². The number of hydrogen-bond acceptors (Lipinski definition) is 4. The van der Waals surface area contributed by atoms with Crippen molar-refractivity contribution >= 4 is 6.09 Å². The van der Waals surface area contributed by atoms with Gasteiger partial charge in [0.15, 0.2) is 0 Å². The van der Waals surface area contributed by atoms with Gasteiger partial charge in [-0.05, 0) is 52.5 Å². The number of hydrogen-bond donors (Lipinski definition) is 2. The lowest BCUT2D eigenvalue weighted by Crippen LogP contribution is -2.36. The van der Waals surface area contributed by atoms with Crippen molar-refractivity contribution in [3.05, 3.63) is 0 Å². The summed E-state index contributed by atoms with van der Waals surface area (Å²) < 4.78 is 10.5. The van der Waals surface area contributed by atoms with Crippen LogP contribution in [0.1, 0.15) is 79.6 Å². The Hall–Kier alpha value is -0.810. The number of carbonyl (C=O) groups is 1. The molecule has 0 bridgehead atoms. The highest BCUT2D eigenvalue weighted by Gasteiger charge is 2.15. The summed E-state index contributed by atoms with van der Waals surface area (Å²) >= 11 is 0. The summed E-state index contributed by atoms with van der Waals surface area (Å²) in [5.41, 5.74) is -0.445. The average molecular weight is 359 g/mol. The number of rotatable bonds is 14. The van der Waals surface area contributed by atoms with Crippen molar-refractivity contribution in [2.24, 2.45) is 5.92 Å². The van der Waals surface area contributed by atoms with Crippen molar-refractivity contribution in [1.29, 1.82) is 0 Å². The number of ether oxygens (including phenoxy) is 2. The third-order valence-electron chi connectivity index (χ3n) is 3.91. The molecule has 0 rings (SSSR count). The maximum atomic E-state index is 11.6. The van der Waals surface area contributed by atoms with Crippen LogP contribution in [0.5, 0.6) is 0 Å². The average Bonchev–Trinajstić information content (AvgIpc) is 2.48. The summed E-state index contributed by atoms with van der Waals surface area (Å²) in [7, 11) is 1.74. The molecule has 0 saturated heterocycles. The number of methoxy groups -OCH3 is 1. The second-order valence-electron chi connectivity index (χ2n) is 8.27. The Labute approximate surface area is 155 Å². The van der Waals surface area contributed by atoms with Gasteiger partial charge >= 0.3 is 6.09 Å². The van der Waals surface area contributed by atoms with Crippen molar-refractivity contribution in [3.63, 3.8) is 0 Å². The van der Waals surface area contributed by atoms with Gasteiger partial charge in [0.25, 0.3) is 0 Å². The Kier molecular flexibility index (Phi) is 13.9. The SMILES string of the molecule is COCC(CCCNC(=O)OC(C)(C)C)NCCCCCCC(C)C. The summed E-state index contributed by atoms with van der Waals surface area (Å²) in [6.45, 7) is 12.6. The third-order valence-corrected chi connectivity index (χ3v) is 3.91. The first-order valence-electron chi connectivity index (χ1n) is 9.93. The zero-order valence-corrected chi connectivity index (χ0v) is 17.5. The van der Waals surface area contributed by atoms with Gasteiger partial charge in [-0.15, -0.1) is 0 Å². The maximum absolute atomic E-state index is 11.6. The smallest absolute Gasteiger partial charge is 0.407 e. The molecule has 0 aliphatic carbocycles. The molecule has 0 saturated carbocycles. The van der Waals surface area contributed by atoms with E-state index in [1.54, 1.807) is 7.11 Å². The lowest BCUT2D eigenvalue weighted by Gasteiger charge is -2.20. The van der Waals surface area contributed by atoms with E-state index in [0.29, 0.717) is 19.2 Å². The second-order valence-corrected chi connectivity index (χ2v) is 8.27. The molecule has 0 radical (unpaired) electrons. The number of alkyl carbamates (subject to hydrolysis) is 1. The fourth-order valence-electron chi connectivity index (χ4n) is 2.64. The van der Waals surface area contributed by atoms with Crippen LogP contribution in [0, 0.1) is 5.92 Å². The molecule has 1 atom stereocenters. The van der Waals surface area contributed by atoms with E-state index >= 15 is 0 Å². The van der Waals surface area contributed by atoms with Gasteiger partial charge in [0.2, 0.25) is 0 Å². The molecule has 5 heteroatoms. The van der Waals surface area contributed by atoms with Gasteiger partial charge in [0.1, 0.15) is 5.60 Å². The zero-order valence-electron chi connectivity index (χ0n) is 17.5. The van der Waals surface area contributed by atoms with Crippen LogP contribution in [-0.2, 0) is 9.47 Å². The Morgan fingerprint density at radius 3 is 2.24 bits per heavy atom. The third kappa shape index (κ3) is 17.8. The van der Waals surface area contributed by atoms with Crippen LogP contribution in [0.15, 0.2) is 0 Å². The number of amides is 1. The topological polar surface area (TPSA) is 59.6 Å². The lowest BCUT2D eigenvalue weighted by molar-refractivity contribution is 0.0526. The first-order valence-corrected chi connectivity index (χ1v) is 9.93. The molecule has 0 aromatic carbocycles. The fraction of sp³-hybridized carbons (Fsp3) is 0.950. The van der Waals surface area contributed by atoms with Gasteiger partial charge in [0, 0.05) is 19.7 Å². The highest BCUT2D eigenvalue weighted by molar-refractivity contribution is 5.67. The minimum Gasteiger partial charge on any atom is -0.444 e. The minimum atomic E-state index is -0.445. The van der Waals surface area contributed by atoms with Crippen LogP contribution >= 0.6 is 0 Å². The normalized spacial score (nSPS) is 13.1. The Morgan fingerprint density at radius 1 is 0.960 bits per heavy atom. The van der Waals surface area contributed by atoms with E-state index in [9.17, 15) is 4.79 Å². The molecule has 25 heavy (non-hydrogen) atoms. The molecule has 0 aliphatic rings. The molecular formula is C20H42N2O3.